The summed E-state index contributed by atoms with van der Waals surface area (Å²) in [5, 5.41) is 12.4. The molecule has 0 bridgehead atoms. The van der Waals surface area contributed by atoms with E-state index in [0.717, 1.165) is 18.4 Å². The third-order valence-corrected chi connectivity index (χ3v) is 10.8. The van der Waals surface area contributed by atoms with Gasteiger partial charge in [-0.3, -0.25) is 4.79 Å². The second kappa shape index (κ2) is 10.1. The van der Waals surface area contributed by atoms with Gasteiger partial charge in [0, 0.05) is 17.3 Å². The molecule has 8 atom stereocenters. The highest BCUT2D eigenvalue weighted by Crippen LogP contribution is 2.69. The Morgan fingerprint density at radius 1 is 0.952 bits per heavy atom. The molecule has 8 heteroatoms. The number of benzene rings is 2. The van der Waals surface area contributed by atoms with Crippen LogP contribution in [0, 0.1) is 16.7 Å². The van der Waals surface area contributed by atoms with Gasteiger partial charge in [-0.1, -0.05) is 62.4 Å². The van der Waals surface area contributed by atoms with Crippen molar-refractivity contribution >= 4 is 17.9 Å². The summed E-state index contributed by atoms with van der Waals surface area (Å²) >= 11 is 0. The summed E-state index contributed by atoms with van der Waals surface area (Å²) in [5.74, 6) is -1.70. The normalized spacial score (nSPS) is 39.1. The van der Waals surface area contributed by atoms with Crippen molar-refractivity contribution in [1.29, 1.82) is 0 Å². The van der Waals surface area contributed by atoms with E-state index in [1.54, 1.807) is 55.5 Å². The molecule has 2 saturated heterocycles. The van der Waals surface area contributed by atoms with Crippen molar-refractivity contribution in [3.8, 4) is 0 Å². The number of hydrogen-bond donors (Lipinski definition) is 1. The predicted molar refractivity (Wildman–Crippen MR) is 152 cm³/mol. The Hall–Kier alpha value is -3.49. The van der Waals surface area contributed by atoms with E-state index in [-0.39, 0.29) is 25.4 Å². The zero-order valence-corrected chi connectivity index (χ0v) is 24.3. The maximum atomic E-state index is 13.5. The predicted octanol–water partition coefficient (Wildman–Crippen LogP) is 5.05. The van der Waals surface area contributed by atoms with Gasteiger partial charge in [-0.2, -0.15) is 0 Å². The molecule has 2 heterocycles. The molecule has 2 saturated carbocycles. The molecule has 6 rings (SSSR count). The van der Waals surface area contributed by atoms with Crippen molar-refractivity contribution in [3.05, 3.63) is 83.9 Å². The monoisotopic (exact) mass is 574 g/mol. The number of hydrogen-bond acceptors (Lipinski definition) is 8. The smallest absolute Gasteiger partial charge is 0.338 e. The number of cyclic esters (lactones) is 1. The van der Waals surface area contributed by atoms with Gasteiger partial charge < -0.3 is 24.1 Å². The molecule has 4 fully saturated rings. The maximum Gasteiger partial charge on any atom is 0.338 e. The van der Waals surface area contributed by atoms with Crippen molar-refractivity contribution in [2.24, 2.45) is 16.7 Å². The molecular formula is C34H38O8. The van der Waals surface area contributed by atoms with E-state index in [1.807, 2.05) is 26.0 Å². The highest BCUT2D eigenvalue weighted by Gasteiger charge is 2.76. The number of ether oxygens (including phenoxy) is 4. The van der Waals surface area contributed by atoms with Crippen molar-refractivity contribution in [2.45, 2.75) is 82.4 Å². The van der Waals surface area contributed by atoms with Gasteiger partial charge in [0.05, 0.1) is 17.5 Å². The van der Waals surface area contributed by atoms with E-state index in [0.29, 0.717) is 17.5 Å². The molecule has 0 unspecified atom stereocenters. The molecule has 2 aromatic carbocycles. The minimum absolute atomic E-state index is 0.0211. The molecule has 0 radical (unpaired) electrons. The number of aliphatic hydroxyl groups is 1. The second-order valence-corrected chi connectivity index (χ2v) is 12.9. The van der Waals surface area contributed by atoms with Gasteiger partial charge in [-0.05, 0) is 56.4 Å². The zero-order chi connectivity index (χ0) is 29.9. The van der Waals surface area contributed by atoms with Crippen LogP contribution in [0.1, 0.15) is 73.6 Å². The first-order valence-electron chi connectivity index (χ1n) is 14.7. The first-order valence-corrected chi connectivity index (χ1v) is 14.7. The summed E-state index contributed by atoms with van der Waals surface area (Å²) in [5.41, 5.74) is -2.63. The molecule has 1 N–H and O–H groups in total. The number of aliphatic hydroxyl groups excluding tert-OH is 1. The van der Waals surface area contributed by atoms with Crippen LogP contribution in [0.4, 0.5) is 0 Å². The third kappa shape index (κ3) is 4.14. The van der Waals surface area contributed by atoms with Crippen LogP contribution in [0.15, 0.2) is 72.8 Å². The Balaban J connectivity index is 1.47. The number of fused-ring (bicyclic) bond motifs is 3. The second-order valence-electron chi connectivity index (χ2n) is 12.9. The van der Waals surface area contributed by atoms with Crippen molar-refractivity contribution in [3.63, 3.8) is 0 Å². The summed E-state index contributed by atoms with van der Waals surface area (Å²) in [6.45, 7) is 10.2. The van der Waals surface area contributed by atoms with Gasteiger partial charge in [0.1, 0.15) is 36.1 Å². The average molecular weight is 575 g/mol. The molecular weight excluding hydrogens is 536 g/mol. The minimum atomic E-state index is -1.38. The number of carbonyl (C=O) groups excluding carboxylic acids is 3. The van der Waals surface area contributed by atoms with Crippen LogP contribution in [0.2, 0.25) is 0 Å². The van der Waals surface area contributed by atoms with Crippen LogP contribution in [0.3, 0.4) is 0 Å². The lowest BCUT2D eigenvalue weighted by atomic mass is 9.41. The average Bonchev–Trinajstić information content (AvgIpc) is 3.34. The zero-order valence-electron chi connectivity index (χ0n) is 24.3. The highest BCUT2D eigenvalue weighted by molar-refractivity contribution is 5.90. The summed E-state index contributed by atoms with van der Waals surface area (Å²) in [6.07, 6.45) is -0.609. The molecule has 1 spiro atoms. The van der Waals surface area contributed by atoms with Gasteiger partial charge in [0.25, 0.3) is 0 Å². The summed E-state index contributed by atoms with van der Waals surface area (Å²) in [6, 6.07) is 17.4. The summed E-state index contributed by atoms with van der Waals surface area (Å²) in [7, 11) is 0. The fraction of sp³-hybridized carbons (Fsp3) is 0.500. The van der Waals surface area contributed by atoms with E-state index < -0.39 is 58.3 Å². The minimum Gasteiger partial charge on any atom is -0.462 e. The fourth-order valence-corrected chi connectivity index (χ4v) is 8.35. The lowest BCUT2D eigenvalue weighted by Gasteiger charge is -2.70. The lowest BCUT2D eigenvalue weighted by Crippen LogP contribution is -2.79. The molecule has 0 aromatic heterocycles. The van der Waals surface area contributed by atoms with E-state index in [9.17, 15) is 19.5 Å². The SMILES string of the molecule is C=C1CCC[C@H]2[C@@]1(C)[C@@H](OC(=O)c1ccccc1)[C@H](O)[C@]1(C)O[C@@]3(COC(=O)C3)C[C@H](OC(=O)c3ccccc3)[C@]21C. The largest absolute Gasteiger partial charge is 0.462 e. The number of esters is 3. The van der Waals surface area contributed by atoms with E-state index in [1.165, 1.54) is 0 Å². The van der Waals surface area contributed by atoms with Crippen LogP contribution in [-0.4, -0.2) is 59.1 Å². The van der Waals surface area contributed by atoms with Gasteiger partial charge in [0.2, 0.25) is 0 Å². The van der Waals surface area contributed by atoms with Crippen molar-refractivity contribution in [2.75, 3.05) is 6.61 Å². The third-order valence-electron chi connectivity index (χ3n) is 10.8. The maximum absolute atomic E-state index is 13.5. The first kappa shape index (κ1) is 28.6. The highest BCUT2D eigenvalue weighted by atomic mass is 16.6. The Kier molecular flexibility index (Phi) is 6.85. The van der Waals surface area contributed by atoms with Crippen LogP contribution >= 0.6 is 0 Å². The van der Waals surface area contributed by atoms with E-state index >= 15 is 0 Å². The van der Waals surface area contributed by atoms with E-state index in [4.69, 9.17) is 18.9 Å². The number of rotatable bonds is 4. The molecule has 222 valence electrons. The number of carbonyl (C=O) groups is 3. The molecule has 0 amide bonds. The topological polar surface area (TPSA) is 108 Å². The van der Waals surface area contributed by atoms with Gasteiger partial charge >= 0.3 is 17.9 Å². The van der Waals surface area contributed by atoms with E-state index in [2.05, 4.69) is 6.58 Å². The summed E-state index contributed by atoms with van der Waals surface area (Å²) in [4.78, 5) is 39.4. The van der Waals surface area contributed by atoms with Crippen molar-refractivity contribution in [1.82, 2.24) is 0 Å². The molecule has 2 aliphatic carbocycles. The fourth-order valence-electron chi connectivity index (χ4n) is 8.35. The van der Waals surface area contributed by atoms with Crippen LogP contribution in [0.25, 0.3) is 0 Å². The molecule has 2 aromatic rings. The Morgan fingerprint density at radius 2 is 1.55 bits per heavy atom. The lowest BCUT2D eigenvalue weighted by molar-refractivity contribution is -0.362. The summed E-state index contributed by atoms with van der Waals surface area (Å²) < 4.78 is 24.8. The van der Waals surface area contributed by atoms with Crippen LogP contribution in [0.5, 0.6) is 0 Å². The Labute approximate surface area is 246 Å². The molecule has 2 aliphatic heterocycles. The Bertz CT molecular complexity index is 1410. The molecule has 8 nitrogen and oxygen atoms in total. The van der Waals surface area contributed by atoms with Gasteiger partial charge in [0.15, 0.2) is 0 Å². The Morgan fingerprint density at radius 3 is 2.12 bits per heavy atom. The van der Waals surface area contributed by atoms with Gasteiger partial charge in [-0.25, -0.2) is 9.59 Å². The van der Waals surface area contributed by atoms with Gasteiger partial charge in [-0.15, -0.1) is 0 Å². The first-order chi connectivity index (χ1) is 19.9. The standard InChI is InChI=1S/C34H38O8/c1-21-12-11-17-24-31(21,2)28(41-30(38)23-15-9-6-10-16-23)27(36)33(4)32(24,3)25(18-34(42-33)19-26(35)39-20-34)40-29(37)22-13-7-5-8-14-22/h5-10,13-16,24-25,27-28,36H,1,11-12,17-20H2,2-4H3/t24-,25-,27-,28-,31-,32-,33-,34-/m0/s1. The quantitative estimate of drug-likeness (QED) is 0.307. The van der Waals surface area contributed by atoms with Crippen LogP contribution < -0.4 is 0 Å². The van der Waals surface area contributed by atoms with Crippen LogP contribution in [-0.2, 0) is 23.7 Å². The van der Waals surface area contributed by atoms with Crippen molar-refractivity contribution < 1.29 is 38.4 Å². The molecule has 42 heavy (non-hydrogen) atoms. The molecule has 4 aliphatic rings.